The van der Waals surface area contributed by atoms with Gasteiger partial charge in [-0.3, -0.25) is 13.9 Å². The lowest BCUT2D eigenvalue weighted by Crippen LogP contribution is -2.31. The average Bonchev–Trinajstić information content (AvgIpc) is 3.42. The lowest BCUT2D eigenvalue weighted by atomic mass is 10.1. The number of aliphatic hydroxyl groups excluding tert-OH is 1. The molecule has 1 fully saturated rings. The van der Waals surface area contributed by atoms with E-state index in [4.69, 9.17) is 35.9 Å². The van der Waals surface area contributed by atoms with Crippen LogP contribution in [0.3, 0.4) is 0 Å². The van der Waals surface area contributed by atoms with Crippen molar-refractivity contribution in [2.24, 2.45) is 5.92 Å². The van der Waals surface area contributed by atoms with Gasteiger partial charge < -0.3 is 24.8 Å². The number of para-hydroxylation sites is 1. The summed E-state index contributed by atoms with van der Waals surface area (Å²) in [7, 11) is -3.97. The summed E-state index contributed by atoms with van der Waals surface area (Å²) in [6.07, 6.45) is -1.00. The fraction of sp³-hybridized carbons (Fsp3) is 0.500. The van der Waals surface area contributed by atoms with Gasteiger partial charge in [-0.05, 0) is 44.5 Å². The minimum Gasteiger partial charge on any atom is -0.460 e. The Morgan fingerprint density at radius 2 is 2.03 bits per heavy atom. The molecule has 0 amide bonds. The van der Waals surface area contributed by atoms with Crippen LogP contribution in [-0.2, 0) is 23.4 Å². The summed E-state index contributed by atoms with van der Waals surface area (Å²) in [6, 6.07) is 8.52. The molecule has 2 unspecified atom stereocenters. The maximum absolute atomic E-state index is 14.1. The first-order valence-corrected chi connectivity index (χ1v) is 14.1. The van der Waals surface area contributed by atoms with E-state index in [1.54, 1.807) is 62.6 Å². The number of hydrogen-bond donors (Lipinski definition) is 2. The number of benzene rings is 1. The van der Waals surface area contributed by atoms with E-state index in [-0.39, 0.29) is 23.7 Å². The molecule has 14 heteroatoms. The molecule has 3 aromatic rings. The number of halogens is 1. The topological polar surface area (TPSA) is 161 Å². The highest BCUT2D eigenvalue weighted by Gasteiger charge is 2.44. The Hall–Kier alpha value is -2.76. The highest BCUT2D eigenvalue weighted by Crippen LogP contribution is 2.53. The predicted octanol–water partition coefficient (Wildman–Crippen LogP) is 3.98. The molecule has 3 heterocycles. The summed E-state index contributed by atoms with van der Waals surface area (Å²) in [5, 5.41) is 9.98. The second kappa shape index (κ2) is 11.2. The summed E-state index contributed by atoms with van der Waals surface area (Å²) in [6.45, 7) is 6.44. The highest BCUT2D eigenvalue weighted by molar-refractivity contribution is 7.54. The van der Waals surface area contributed by atoms with Gasteiger partial charge in [0.1, 0.15) is 35.3 Å². The molecule has 206 valence electrons. The average molecular weight is 568 g/mol. The van der Waals surface area contributed by atoms with E-state index in [2.05, 4.69) is 15.0 Å². The van der Waals surface area contributed by atoms with Crippen LogP contribution in [0.4, 0.5) is 5.82 Å². The first-order valence-electron chi connectivity index (χ1n) is 12.0. The number of nitrogen functional groups attached to an aromatic ring is 1. The van der Waals surface area contributed by atoms with Crippen LogP contribution >= 0.6 is 19.2 Å². The number of nitrogens with zero attached hydrogens (tertiary/aromatic N) is 4. The predicted molar refractivity (Wildman–Crippen MR) is 140 cm³/mol. The van der Waals surface area contributed by atoms with Crippen molar-refractivity contribution >= 4 is 42.1 Å². The number of aromatic nitrogens is 4. The van der Waals surface area contributed by atoms with Crippen LogP contribution in [0.1, 0.15) is 40.3 Å². The van der Waals surface area contributed by atoms with Crippen molar-refractivity contribution < 1.29 is 33.0 Å². The zero-order valence-electron chi connectivity index (χ0n) is 21.5. The van der Waals surface area contributed by atoms with Crippen LogP contribution in [-0.4, -0.2) is 61.2 Å². The standard InChI is InChI=1S/C24H31ClN5O7P/c1-14(22(32)35-24(2,3)4)12-38(33,36-15-8-6-5-7-9-15)37-16-10-18(34-17(16)11-31)30-13-27-19-20(26)28-23(25)29-21(19)30/h5-9,13-14,16-18,31H,10-12H2,1-4H3,(H2,26,28,29)/t14-,16?,17-,18-,38?/m1/s1. The van der Waals surface area contributed by atoms with E-state index >= 15 is 0 Å². The number of ether oxygens (including phenoxy) is 2. The van der Waals surface area contributed by atoms with Gasteiger partial charge in [-0.2, -0.15) is 9.97 Å². The third kappa shape index (κ3) is 6.62. The van der Waals surface area contributed by atoms with Crippen molar-refractivity contribution in [1.29, 1.82) is 0 Å². The zero-order valence-corrected chi connectivity index (χ0v) is 23.1. The molecule has 12 nitrogen and oxygen atoms in total. The molecule has 38 heavy (non-hydrogen) atoms. The number of carbonyl (C=O) groups is 1. The van der Waals surface area contributed by atoms with Crippen molar-refractivity contribution in [3.63, 3.8) is 0 Å². The number of nitrogens with two attached hydrogens (primary N) is 1. The monoisotopic (exact) mass is 567 g/mol. The van der Waals surface area contributed by atoms with Gasteiger partial charge in [0, 0.05) is 6.42 Å². The SMILES string of the molecule is C[C@H](CP(=O)(Oc1ccccc1)OC1C[C@H](n2cnc3c(N)nc(Cl)nc32)O[C@@H]1CO)C(=O)OC(C)(C)C. The number of esters is 1. The fourth-order valence-corrected chi connectivity index (χ4v) is 6.30. The van der Waals surface area contributed by atoms with Gasteiger partial charge >= 0.3 is 13.6 Å². The molecule has 1 aromatic carbocycles. The molecule has 1 aliphatic heterocycles. The minimum absolute atomic E-state index is 0.0573. The summed E-state index contributed by atoms with van der Waals surface area (Å²) in [4.78, 5) is 25.0. The van der Waals surface area contributed by atoms with Crippen molar-refractivity contribution in [3.05, 3.63) is 41.9 Å². The number of hydrogen-bond acceptors (Lipinski definition) is 11. The van der Waals surface area contributed by atoms with E-state index in [9.17, 15) is 14.5 Å². The van der Waals surface area contributed by atoms with Gasteiger partial charge in [-0.1, -0.05) is 25.1 Å². The van der Waals surface area contributed by atoms with Crippen molar-refractivity contribution in [1.82, 2.24) is 19.5 Å². The molecule has 1 saturated heterocycles. The Kier molecular flexibility index (Phi) is 8.29. The largest absolute Gasteiger partial charge is 0.460 e. The smallest absolute Gasteiger partial charge is 0.380 e. The van der Waals surface area contributed by atoms with Crippen molar-refractivity contribution in [2.75, 3.05) is 18.5 Å². The highest BCUT2D eigenvalue weighted by atomic mass is 35.5. The van der Waals surface area contributed by atoms with Crippen LogP contribution in [0.5, 0.6) is 5.75 Å². The zero-order chi connectivity index (χ0) is 27.7. The molecular formula is C24H31ClN5O7P. The Balaban J connectivity index is 1.58. The minimum atomic E-state index is -3.97. The van der Waals surface area contributed by atoms with Crippen molar-refractivity contribution in [2.45, 2.75) is 58.2 Å². The summed E-state index contributed by atoms with van der Waals surface area (Å²) >= 11 is 5.98. The van der Waals surface area contributed by atoms with Gasteiger partial charge in [0.25, 0.3) is 0 Å². The molecule has 0 aliphatic carbocycles. The van der Waals surface area contributed by atoms with E-state index < -0.39 is 50.1 Å². The fourth-order valence-electron chi connectivity index (χ4n) is 4.03. The van der Waals surface area contributed by atoms with Crippen LogP contribution in [0.25, 0.3) is 11.2 Å². The van der Waals surface area contributed by atoms with Gasteiger partial charge in [-0.25, -0.2) is 9.55 Å². The molecule has 4 rings (SSSR count). The van der Waals surface area contributed by atoms with Crippen LogP contribution < -0.4 is 10.3 Å². The molecule has 0 saturated carbocycles. The number of fused-ring (bicyclic) bond motifs is 1. The van der Waals surface area contributed by atoms with Gasteiger partial charge in [-0.15, -0.1) is 0 Å². The maximum atomic E-state index is 14.1. The first kappa shape index (κ1) is 28.3. The van der Waals surface area contributed by atoms with Crippen molar-refractivity contribution in [3.8, 4) is 5.75 Å². The second-order valence-corrected chi connectivity index (χ2v) is 12.3. The molecule has 5 atom stereocenters. The summed E-state index contributed by atoms with van der Waals surface area (Å²) < 4.78 is 39.1. The van der Waals surface area contributed by atoms with Gasteiger partial charge in [0.15, 0.2) is 11.5 Å². The Morgan fingerprint density at radius 3 is 2.68 bits per heavy atom. The molecule has 0 spiro atoms. The third-order valence-electron chi connectivity index (χ3n) is 5.68. The Morgan fingerprint density at radius 1 is 1.32 bits per heavy atom. The second-order valence-electron chi connectivity index (χ2n) is 10.0. The summed E-state index contributed by atoms with van der Waals surface area (Å²) in [5.41, 5.74) is 5.87. The van der Waals surface area contributed by atoms with Gasteiger partial charge in [0.05, 0.1) is 25.0 Å². The molecule has 2 aromatic heterocycles. The number of rotatable bonds is 9. The number of carbonyl (C=O) groups excluding carboxylic acids is 1. The quantitative estimate of drug-likeness (QED) is 0.218. The number of anilines is 1. The lowest BCUT2D eigenvalue weighted by molar-refractivity contribution is -0.158. The molecular weight excluding hydrogens is 537 g/mol. The molecule has 1 aliphatic rings. The normalized spacial score (nSPS) is 22.2. The van der Waals surface area contributed by atoms with Gasteiger partial charge in [0.2, 0.25) is 5.28 Å². The Labute approximate surface area is 225 Å². The third-order valence-corrected chi connectivity index (χ3v) is 7.93. The molecule has 3 N–H and O–H groups in total. The van der Waals surface area contributed by atoms with E-state index in [0.717, 1.165) is 0 Å². The number of aliphatic hydroxyl groups is 1. The maximum Gasteiger partial charge on any atom is 0.380 e. The molecule has 0 radical (unpaired) electrons. The number of imidazole rings is 1. The van der Waals surface area contributed by atoms with Crippen LogP contribution in [0, 0.1) is 5.92 Å². The van der Waals surface area contributed by atoms with Crippen LogP contribution in [0.15, 0.2) is 36.7 Å². The van der Waals surface area contributed by atoms with E-state index in [1.165, 1.54) is 6.33 Å². The summed E-state index contributed by atoms with van der Waals surface area (Å²) in [5.74, 6) is -0.907. The lowest BCUT2D eigenvalue weighted by Gasteiger charge is -2.27. The molecule has 0 bridgehead atoms. The Bertz CT molecular complexity index is 1330. The van der Waals surface area contributed by atoms with Crippen LogP contribution in [0.2, 0.25) is 5.28 Å². The van der Waals surface area contributed by atoms with E-state index in [0.29, 0.717) is 16.9 Å². The van der Waals surface area contributed by atoms with E-state index in [1.807, 2.05) is 0 Å². The first-order chi connectivity index (χ1) is 17.9.